The van der Waals surface area contributed by atoms with Crippen molar-refractivity contribution in [1.29, 1.82) is 0 Å². The van der Waals surface area contributed by atoms with Gasteiger partial charge in [0, 0.05) is 41.1 Å². The van der Waals surface area contributed by atoms with Crippen LogP contribution in [-0.4, -0.2) is 21.7 Å². The molecule has 2 amide bonds. The topological polar surface area (TPSA) is 144 Å². The third-order valence-corrected chi connectivity index (χ3v) is 4.47. The van der Waals surface area contributed by atoms with Gasteiger partial charge in [-0.3, -0.25) is 29.8 Å². The third-order valence-electron chi connectivity index (χ3n) is 4.16. The molecule has 0 aliphatic rings. The van der Waals surface area contributed by atoms with Crippen LogP contribution in [0.1, 0.15) is 20.7 Å². The average Bonchev–Trinajstić information content (AvgIpc) is 2.75. The Hall–Kier alpha value is -4.31. The normalized spacial score (nSPS) is 10.2. The number of nitrogens with one attached hydrogen (secondary N) is 2. The van der Waals surface area contributed by atoms with Crippen LogP contribution in [0.25, 0.3) is 0 Å². The van der Waals surface area contributed by atoms with E-state index in [1.54, 1.807) is 0 Å². The van der Waals surface area contributed by atoms with Crippen molar-refractivity contribution in [3.63, 3.8) is 0 Å². The monoisotopic (exact) mass is 440 g/mol. The lowest BCUT2D eigenvalue weighted by molar-refractivity contribution is -0.385. The van der Waals surface area contributed by atoms with Gasteiger partial charge in [-0.05, 0) is 42.5 Å². The number of hydrogen-bond acceptors (Lipinski definition) is 6. The molecule has 0 fully saturated rings. The Balaban J connectivity index is 1.67. The van der Waals surface area contributed by atoms with Crippen LogP contribution in [0.4, 0.5) is 22.7 Å². The predicted octanol–water partition coefficient (Wildman–Crippen LogP) is 4.66. The van der Waals surface area contributed by atoms with Crippen LogP contribution < -0.4 is 10.6 Å². The Morgan fingerprint density at radius 1 is 0.710 bits per heavy atom. The van der Waals surface area contributed by atoms with E-state index in [4.69, 9.17) is 11.6 Å². The van der Waals surface area contributed by atoms with Crippen LogP contribution in [0.2, 0.25) is 5.02 Å². The number of nitro groups is 2. The number of benzene rings is 3. The van der Waals surface area contributed by atoms with E-state index in [1.807, 2.05) is 0 Å². The van der Waals surface area contributed by atoms with Crippen molar-refractivity contribution in [2.45, 2.75) is 0 Å². The van der Waals surface area contributed by atoms with Gasteiger partial charge in [-0.15, -0.1) is 0 Å². The molecule has 0 heterocycles. The van der Waals surface area contributed by atoms with Crippen LogP contribution in [-0.2, 0) is 0 Å². The van der Waals surface area contributed by atoms with Gasteiger partial charge in [0.15, 0.2) is 0 Å². The number of non-ortho nitro benzene ring substituents is 2. The second-order valence-electron chi connectivity index (χ2n) is 6.21. The first-order chi connectivity index (χ1) is 14.7. The van der Waals surface area contributed by atoms with Crippen LogP contribution in [0.15, 0.2) is 66.7 Å². The molecule has 2 N–H and O–H groups in total. The minimum atomic E-state index is -0.567. The van der Waals surface area contributed by atoms with E-state index in [1.165, 1.54) is 66.7 Å². The number of amides is 2. The predicted molar refractivity (Wildman–Crippen MR) is 114 cm³/mol. The van der Waals surface area contributed by atoms with Gasteiger partial charge in [0.25, 0.3) is 23.2 Å². The standard InChI is InChI=1S/C20H13ClN4O6/c21-17-11-14(22-19(26)12-1-6-15(7-2-12)24(28)29)5-10-18(17)23-20(27)13-3-8-16(9-4-13)25(30)31/h1-11H,(H,22,26)(H,23,27). The highest BCUT2D eigenvalue weighted by atomic mass is 35.5. The molecule has 156 valence electrons. The van der Waals surface area contributed by atoms with Gasteiger partial charge in [0.05, 0.1) is 20.6 Å². The zero-order valence-electron chi connectivity index (χ0n) is 15.6. The Morgan fingerprint density at radius 2 is 1.16 bits per heavy atom. The molecule has 11 heteroatoms. The summed E-state index contributed by atoms with van der Waals surface area (Å²) >= 11 is 6.18. The molecule has 31 heavy (non-hydrogen) atoms. The van der Waals surface area contributed by atoms with Crippen LogP contribution in [0.3, 0.4) is 0 Å². The minimum Gasteiger partial charge on any atom is -0.322 e. The fourth-order valence-electron chi connectivity index (χ4n) is 2.56. The van der Waals surface area contributed by atoms with Gasteiger partial charge in [0.1, 0.15) is 0 Å². The summed E-state index contributed by atoms with van der Waals surface area (Å²) in [6.07, 6.45) is 0. The van der Waals surface area contributed by atoms with Gasteiger partial charge in [-0.1, -0.05) is 11.6 Å². The molecule has 0 saturated carbocycles. The summed E-state index contributed by atoms with van der Waals surface area (Å²) in [4.78, 5) is 44.8. The number of nitrogens with zero attached hydrogens (tertiary/aromatic N) is 2. The Labute approximate surface area is 179 Å². The zero-order chi connectivity index (χ0) is 22.5. The highest BCUT2D eigenvalue weighted by Gasteiger charge is 2.13. The molecule has 0 bridgehead atoms. The van der Waals surface area contributed by atoms with E-state index in [0.717, 1.165) is 0 Å². The van der Waals surface area contributed by atoms with Gasteiger partial charge >= 0.3 is 0 Å². The Morgan fingerprint density at radius 3 is 1.58 bits per heavy atom. The molecular weight excluding hydrogens is 428 g/mol. The number of anilines is 2. The van der Waals surface area contributed by atoms with Crippen LogP contribution >= 0.6 is 11.6 Å². The highest BCUT2D eigenvalue weighted by molar-refractivity contribution is 6.34. The summed E-state index contributed by atoms with van der Waals surface area (Å²) < 4.78 is 0. The van der Waals surface area contributed by atoms with Crippen molar-refractivity contribution in [1.82, 2.24) is 0 Å². The molecule has 10 nitrogen and oxygen atoms in total. The molecule has 0 aromatic heterocycles. The summed E-state index contributed by atoms with van der Waals surface area (Å²) in [6.45, 7) is 0. The van der Waals surface area contributed by atoms with E-state index < -0.39 is 21.7 Å². The van der Waals surface area contributed by atoms with Crippen molar-refractivity contribution in [3.05, 3.63) is 103 Å². The first kappa shape index (κ1) is 21.4. The average molecular weight is 441 g/mol. The summed E-state index contributed by atoms with van der Waals surface area (Å²) in [5.74, 6) is -1.01. The molecule has 3 aromatic rings. The maximum Gasteiger partial charge on any atom is 0.269 e. The van der Waals surface area contributed by atoms with Crippen molar-refractivity contribution >= 4 is 46.2 Å². The summed E-state index contributed by atoms with van der Waals surface area (Å²) in [7, 11) is 0. The molecular formula is C20H13ClN4O6. The number of nitro benzene ring substituents is 2. The maximum atomic E-state index is 12.3. The lowest BCUT2D eigenvalue weighted by Crippen LogP contribution is -2.13. The van der Waals surface area contributed by atoms with E-state index in [2.05, 4.69) is 10.6 Å². The molecule has 3 rings (SSSR count). The molecule has 0 spiro atoms. The van der Waals surface area contributed by atoms with E-state index in [-0.39, 0.29) is 33.2 Å². The highest BCUT2D eigenvalue weighted by Crippen LogP contribution is 2.27. The first-order valence-corrected chi connectivity index (χ1v) is 9.03. The fourth-order valence-corrected chi connectivity index (χ4v) is 2.79. The van der Waals surface area contributed by atoms with Gasteiger partial charge in [-0.25, -0.2) is 0 Å². The van der Waals surface area contributed by atoms with E-state index in [9.17, 15) is 29.8 Å². The molecule has 0 aliphatic heterocycles. The maximum absolute atomic E-state index is 12.3. The van der Waals surface area contributed by atoms with Crippen molar-refractivity contribution in [3.8, 4) is 0 Å². The molecule has 0 saturated heterocycles. The SMILES string of the molecule is O=C(Nc1ccc(NC(=O)c2ccc([N+](=O)[O-])cc2)c(Cl)c1)c1ccc([N+](=O)[O-])cc1. The fraction of sp³-hybridized carbons (Fsp3) is 0. The van der Waals surface area contributed by atoms with Crippen LogP contribution in [0, 0.1) is 20.2 Å². The van der Waals surface area contributed by atoms with E-state index in [0.29, 0.717) is 5.69 Å². The third kappa shape index (κ3) is 5.19. The number of rotatable bonds is 6. The van der Waals surface area contributed by atoms with Crippen LogP contribution in [0.5, 0.6) is 0 Å². The smallest absolute Gasteiger partial charge is 0.269 e. The zero-order valence-corrected chi connectivity index (χ0v) is 16.3. The molecule has 0 radical (unpaired) electrons. The number of carbonyl (C=O) groups excluding carboxylic acids is 2. The Kier molecular flexibility index (Phi) is 6.22. The van der Waals surface area contributed by atoms with Crippen molar-refractivity contribution in [2.75, 3.05) is 10.6 Å². The lowest BCUT2D eigenvalue weighted by Gasteiger charge is -2.10. The molecule has 0 atom stereocenters. The van der Waals surface area contributed by atoms with Crippen molar-refractivity contribution < 1.29 is 19.4 Å². The van der Waals surface area contributed by atoms with Gasteiger partial charge in [-0.2, -0.15) is 0 Å². The summed E-state index contributed by atoms with van der Waals surface area (Å²) in [5.41, 5.74) is 0.782. The lowest BCUT2D eigenvalue weighted by atomic mass is 10.1. The number of carbonyl (C=O) groups is 2. The first-order valence-electron chi connectivity index (χ1n) is 8.66. The van der Waals surface area contributed by atoms with E-state index >= 15 is 0 Å². The number of hydrogen-bond donors (Lipinski definition) is 2. The second kappa shape index (κ2) is 9.01. The summed E-state index contributed by atoms with van der Waals surface area (Å²) in [6, 6.07) is 14.6. The molecule has 3 aromatic carbocycles. The molecule has 0 unspecified atom stereocenters. The van der Waals surface area contributed by atoms with Crippen molar-refractivity contribution in [2.24, 2.45) is 0 Å². The molecule has 0 aliphatic carbocycles. The van der Waals surface area contributed by atoms with Gasteiger partial charge < -0.3 is 10.6 Å². The minimum absolute atomic E-state index is 0.132. The largest absolute Gasteiger partial charge is 0.322 e. The second-order valence-corrected chi connectivity index (χ2v) is 6.62. The van der Waals surface area contributed by atoms with Gasteiger partial charge in [0.2, 0.25) is 0 Å². The quantitative estimate of drug-likeness (QED) is 0.421. The summed E-state index contributed by atoms with van der Waals surface area (Å²) in [5, 5.41) is 26.7. The Bertz CT molecular complexity index is 1180. The number of halogens is 1.